The molecule has 0 radical (unpaired) electrons. The first kappa shape index (κ1) is 14.2. The number of carbonyl (C=O) groups excluding carboxylic acids is 2. The van der Waals surface area contributed by atoms with Gasteiger partial charge in [-0.15, -0.1) is 0 Å². The van der Waals surface area contributed by atoms with Gasteiger partial charge < -0.3 is 9.64 Å². The number of methoxy groups -OCH3 is 1. The molecule has 7 heteroatoms. The highest BCUT2D eigenvalue weighted by atomic mass is 16.5. The third-order valence-electron chi connectivity index (χ3n) is 3.60. The van der Waals surface area contributed by atoms with Crippen LogP contribution in [0.1, 0.15) is 22.5 Å². The van der Waals surface area contributed by atoms with Crippen LogP contribution in [0, 0.1) is 0 Å². The molecule has 0 unspecified atom stereocenters. The van der Waals surface area contributed by atoms with E-state index in [1.807, 2.05) is 12.1 Å². The maximum Gasteiger partial charge on any atom is 0.341 e. The number of pyridine rings is 1. The van der Waals surface area contributed by atoms with Gasteiger partial charge in [-0.05, 0) is 25.0 Å². The lowest BCUT2D eigenvalue weighted by molar-refractivity contribution is -0.119. The SMILES string of the molecule is COC(=O)c1cnn(CC(=O)N2CCCc3ncccc32)c1. The summed E-state index contributed by atoms with van der Waals surface area (Å²) in [5, 5.41) is 4.03. The zero-order valence-corrected chi connectivity index (χ0v) is 12.2. The molecule has 0 atom stereocenters. The average molecular weight is 300 g/mol. The first-order valence-electron chi connectivity index (χ1n) is 7.04. The Kier molecular flexibility index (Phi) is 3.86. The van der Waals surface area contributed by atoms with E-state index in [4.69, 9.17) is 0 Å². The minimum absolute atomic E-state index is 0.0747. The maximum absolute atomic E-state index is 12.5. The Bertz CT molecular complexity index is 710. The number of aryl methyl sites for hydroxylation is 1. The molecule has 0 fully saturated rings. The summed E-state index contributed by atoms with van der Waals surface area (Å²) in [6.07, 6.45) is 6.42. The normalized spacial score (nSPS) is 13.6. The van der Waals surface area contributed by atoms with Crippen LogP contribution >= 0.6 is 0 Å². The fourth-order valence-corrected chi connectivity index (χ4v) is 2.55. The first-order valence-corrected chi connectivity index (χ1v) is 7.04. The van der Waals surface area contributed by atoms with E-state index in [-0.39, 0.29) is 12.5 Å². The Hall–Kier alpha value is -2.70. The van der Waals surface area contributed by atoms with Gasteiger partial charge in [0.25, 0.3) is 0 Å². The van der Waals surface area contributed by atoms with Crippen LogP contribution in [0.2, 0.25) is 0 Å². The first-order chi connectivity index (χ1) is 10.7. The number of carbonyl (C=O) groups is 2. The van der Waals surface area contributed by atoms with Gasteiger partial charge in [-0.2, -0.15) is 5.10 Å². The average Bonchev–Trinajstić information content (AvgIpc) is 3.02. The lowest BCUT2D eigenvalue weighted by atomic mass is 10.1. The van der Waals surface area contributed by atoms with Gasteiger partial charge in [-0.25, -0.2) is 4.79 Å². The maximum atomic E-state index is 12.5. The van der Waals surface area contributed by atoms with E-state index in [0.29, 0.717) is 12.1 Å². The van der Waals surface area contributed by atoms with E-state index in [2.05, 4.69) is 14.8 Å². The summed E-state index contributed by atoms with van der Waals surface area (Å²) in [6.45, 7) is 0.744. The third-order valence-corrected chi connectivity index (χ3v) is 3.60. The van der Waals surface area contributed by atoms with E-state index < -0.39 is 5.97 Å². The predicted molar refractivity (Wildman–Crippen MR) is 78.5 cm³/mol. The molecule has 114 valence electrons. The van der Waals surface area contributed by atoms with Crippen molar-refractivity contribution in [2.45, 2.75) is 19.4 Å². The molecule has 7 nitrogen and oxygen atoms in total. The molecule has 0 saturated heterocycles. The Morgan fingerprint density at radius 3 is 3.09 bits per heavy atom. The smallest absolute Gasteiger partial charge is 0.341 e. The highest BCUT2D eigenvalue weighted by molar-refractivity contribution is 5.94. The quantitative estimate of drug-likeness (QED) is 0.792. The zero-order valence-electron chi connectivity index (χ0n) is 12.2. The monoisotopic (exact) mass is 300 g/mol. The molecule has 3 rings (SSSR count). The van der Waals surface area contributed by atoms with Crippen molar-refractivity contribution in [2.24, 2.45) is 0 Å². The van der Waals surface area contributed by atoms with Crippen molar-refractivity contribution in [1.29, 1.82) is 0 Å². The second-order valence-corrected chi connectivity index (χ2v) is 5.04. The molecule has 0 aliphatic carbocycles. The topological polar surface area (TPSA) is 77.3 Å². The van der Waals surface area contributed by atoms with Crippen LogP contribution in [0.3, 0.4) is 0 Å². The molecular formula is C15H16N4O3. The molecular weight excluding hydrogens is 284 g/mol. The highest BCUT2D eigenvalue weighted by Gasteiger charge is 2.23. The van der Waals surface area contributed by atoms with E-state index in [1.54, 1.807) is 11.1 Å². The van der Waals surface area contributed by atoms with E-state index in [9.17, 15) is 9.59 Å². The number of esters is 1. The van der Waals surface area contributed by atoms with Crippen molar-refractivity contribution < 1.29 is 14.3 Å². The summed E-state index contributed by atoms with van der Waals surface area (Å²) in [6, 6.07) is 3.73. The summed E-state index contributed by atoms with van der Waals surface area (Å²) < 4.78 is 6.07. The van der Waals surface area contributed by atoms with Gasteiger partial charge in [0.15, 0.2) is 0 Å². The van der Waals surface area contributed by atoms with Gasteiger partial charge in [0, 0.05) is 18.9 Å². The fraction of sp³-hybridized carbons (Fsp3) is 0.333. The number of hydrogen-bond donors (Lipinski definition) is 0. The van der Waals surface area contributed by atoms with Crippen LogP contribution in [0.25, 0.3) is 0 Å². The van der Waals surface area contributed by atoms with Crippen LogP contribution in [0.5, 0.6) is 0 Å². The van der Waals surface area contributed by atoms with Gasteiger partial charge in [-0.1, -0.05) is 0 Å². The Morgan fingerprint density at radius 2 is 2.27 bits per heavy atom. The lowest BCUT2D eigenvalue weighted by Crippen LogP contribution is -2.38. The van der Waals surface area contributed by atoms with E-state index in [1.165, 1.54) is 24.2 Å². The van der Waals surface area contributed by atoms with Crippen molar-refractivity contribution >= 4 is 17.6 Å². The highest BCUT2D eigenvalue weighted by Crippen LogP contribution is 2.25. The number of rotatable bonds is 3. The van der Waals surface area contributed by atoms with Crippen molar-refractivity contribution in [1.82, 2.24) is 14.8 Å². The summed E-state index contributed by atoms with van der Waals surface area (Å²) in [7, 11) is 1.31. The molecule has 0 N–H and O–H groups in total. The Labute approximate surface area is 127 Å². The summed E-state index contributed by atoms with van der Waals surface area (Å²) in [5.41, 5.74) is 2.13. The summed E-state index contributed by atoms with van der Waals surface area (Å²) >= 11 is 0. The van der Waals surface area contributed by atoms with Crippen LogP contribution in [-0.4, -0.2) is 40.3 Å². The zero-order chi connectivity index (χ0) is 15.5. The van der Waals surface area contributed by atoms with E-state index >= 15 is 0 Å². The molecule has 0 saturated carbocycles. The molecule has 0 bridgehead atoms. The largest absolute Gasteiger partial charge is 0.465 e. The molecule has 0 spiro atoms. The number of fused-ring (bicyclic) bond motifs is 1. The van der Waals surface area contributed by atoms with Gasteiger partial charge in [0.1, 0.15) is 6.54 Å². The summed E-state index contributed by atoms with van der Waals surface area (Å²) in [5.74, 6) is -0.542. The predicted octanol–water partition coefficient (Wildman–Crippen LogP) is 1.04. The van der Waals surface area contributed by atoms with Crippen molar-refractivity contribution in [2.75, 3.05) is 18.6 Å². The number of nitrogens with zero attached hydrogens (tertiary/aromatic N) is 4. The van der Waals surface area contributed by atoms with Gasteiger partial charge in [0.2, 0.25) is 5.91 Å². The van der Waals surface area contributed by atoms with Gasteiger partial charge in [0.05, 0.1) is 30.3 Å². The lowest BCUT2D eigenvalue weighted by Gasteiger charge is -2.28. The molecule has 1 amide bonds. The molecule has 22 heavy (non-hydrogen) atoms. The fourth-order valence-electron chi connectivity index (χ4n) is 2.55. The van der Waals surface area contributed by atoms with Crippen molar-refractivity contribution in [3.63, 3.8) is 0 Å². The number of hydrogen-bond acceptors (Lipinski definition) is 5. The molecule has 1 aliphatic rings. The Morgan fingerprint density at radius 1 is 1.41 bits per heavy atom. The second-order valence-electron chi connectivity index (χ2n) is 5.04. The minimum atomic E-state index is -0.466. The number of anilines is 1. The van der Waals surface area contributed by atoms with Gasteiger partial charge >= 0.3 is 5.97 Å². The van der Waals surface area contributed by atoms with Crippen molar-refractivity contribution in [3.05, 3.63) is 42.0 Å². The minimum Gasteiger partial charge on any atom is -0.465 e. The standard InChI is InChI=1S/C15H16N4O3/c1-22-15(21)11-8-17-18(9-11)10-14(20)19-7-3-4-12-13(19)5-2-6-16-12/h2,5-6,8-9H,3-4,7,10H2,1H3. The number of amides is 1. The third kappa shape index (κ3) is 2.69. The number of ether oxygens (including phenoxy) is 1. The molecule has 2 aromatic rings. The van der Waals surface area contributed by atoms with Crippen LogP contribution in [0.4, 0.5) is 5.69 Å². The second kappa shape index (κ2) is 5.97. The summed E-state index contributed by atoms with van der Waals surface area (Å²) in [4.78, 5) is 29.9. The molecule has 1 aliphatic heterocycles. The molecule has 3 heterocycles. The van der Waals surface area contributed by atoms with Crippen LogP contribution in [-0.2, 0) is 22.5 Å². The van der Waals surface area contributed by atoms with E-state index in [0.717, 1.165) is 24.2 Å². The van der Waals surface area contributed by atoms with Crippen molar-refractivity contribution in [3.8, 4) is 0 Å². The number of aromatic nitrogens is 3. The van der Waals surface area contributed by atoms with Crippen LogP contribution < -0.4 is 4.90 Å². The van der Waals surface area contributed by atoms with Gasteiger partial charge in [-0.3, -0.25) is 14.5 Å². The Balaban J connectivity index is 1.75. The molecule has 0 aromatic carbocycles. The molecule has 2 aromatic heterocycles. The van der Waals surface area contributed by atoms with Crippen LogP contribution in [0.15, 0.2) is 30.7 Å².